The van der Waals surface area contributed by atoms with Crippen LogP contribution in [0.15, 0.2) is 63.5 Å². The molecule has 0 aromatic heterocycles. The average molecular weight is 826 g/mol. The maximum Gasteiger partial charge on any atom is 0.410 e. The van der Waals surface area contributed by atoms with Crippen molar-refractivity contribution in [3.63, 3.8) is 0 Å². The average Bonchev–Trinajstić information content (AvgIpc) is 3.54. The molecule has 4 aliphatic rings. The number of hydrogen-bond donors (Lipinski definition) is 1. The molecule has 1 N–H and O–H groups in total. The van der Waals surface area contributed by atoms with Crippen LogP contribution in [0.1, 0.15) is 65.1 Å². The monoisotopic (exact) mass is 823 g/mol. The molecular formula is C38H43Br2N5O6. The van der Waals surface area contributed by atoms with E-state index in [0.717, 1.165) is 48.2 Å². The normalized spacial score (nSPS) is 17.9. The summed E-state index contributed by atoms with van der Waals surface area (Å²) in [5.41, 5.74) is 4.86. The number of hydrogen-bond acceptors (Lipinski definition) is 7. The van der Waals surface area contributed by atoms with Gasteiger partial charge in [0.15, 0.2) is 0 Å². The van der Waals surface area contributed by atoms with Crippen molar-refractivity contribution in [2.24, 2.45) is 0 Å². The predicted octanol–water partition coefficient (Wildman–Crippen LogP) is 6.46. The lowest BCUT2D eigenvalue weighted by atomic mass is 10.0. The number of nitrogens with one attached hydrogen (secondary N) is 1. The molecule has 2 fully saturated rings. The van der Waals surface area contributed by atoms with Crippen molar-refractivity contribution in [3.8, 4) is 5.75 Å². The number of aryl methyl sites for hydroxylation is 1. The van der Waals surface area contributed by atoms with Crippen molar-refractivity contribution in [1.29, 1.82) is 0 Å². The molecule has 51 heavy (non-hydrogen) atoms. The van der Waals surface area contributed by atoms with Crippen LogP contribution in [-0.4, -0.2) is 100 Å². The van der Waals surface area contributed by atoms with Crippen molar-refractivity contribution in [3.05, 3.63) is 91.4 Å². The van der Waals surface area contributed by atoms with Gasteiger partial charge in [-0.3, -0.25) is 19.3 Å². The molecule has 4 aliphatic heterocycles. The fourth-order valence-electron chi connectivity index (χ4n) is 6.66. The number of halogens is 2. The van der Waals surface area contributed by atoms with Crippen LogP contribution in [0.3, 0.4) is 0 Å². The third-order valence-corrected chi connectivity index (χ3v) is 11.3. The number of carbonyl (C=O) groups excluding carboxylic acids is 4. The van der Waals surface area contributed by atoms with Crippen molar-refractivity contribution in [2.75, 3.05) is 38.6 Å². The van der Waals surface area contributed by atoms with Gasteiger partial charge in [0, 0.05) is 71.1 Å². The van der Waals surface area contributed by atoms with Gasteiger partial charge in [0.25, 0.3) is 11.8 Å². The van der Waals surface area contributed by atoms with Crippen molar-refractivity contribution >= 4 is 61.4 Å². The summed E-state index contributed by atoms with van der Waals surface area (Å²) < 4.78 is 12.6. The zero-order chi connectivity index (χ0) is 36.8. The zero-order valence-corrected chi connectivity index (χ0v) is 32.8. The predicted molar refractivity (Wildman–Crippen MR) is 201 cm³/mol. The molecule has 1 atom stereocenters. The molecule has 0 bridgehead atoms. The number of nitrogens with zero attached hydrogens (tertiary/aromatic N) is 4. The van der Waals surface area contributed by atoms with Crippen LogP contribution in [0.2, 0.25) is 0 Å². The highest BCUT2D eigenvalue weighted by atomic mass is 79.9. The molecule has 0 radical (unpaired) electrons. The molecule has 3 aromatic rings. The summed E-state index contributed by atoms with van der Waals surface area (Å²) >= 11 is 7.04. The second kappa shape index (κ2) is 14.6. The Bertz CT molecular complexity index is 1870. The number of carbonyl (C=O) groups is 4. The molecule has 270 valence electrons. The van der Waals surface area contributed by atoms with Crippen LogP contribution < -0.4 is 10.1 Å². The minimum Gasteiger partial charge on any atom is -0.496 e. The summed E-state index contributed by atoms with van der Waals surface area (Å²) in [5.74, 6) is 0.811. The van der Waals surface area contributed by atoms with E-state index in [1.807, 2.05) is 99.0 Å². The molecule has 11 nitrogen and oxygen atoms in total. The summed E-state index contributed by atoms with van der Waals surface area (Å²) in [6, 6.07) is 17.0. The Labute approximate surface area is 315 Å². The molecule has 1 unspecified atom stereocenters. The van der Waals surface area contributed by atoms with Gasteiger partial charge in [-0.25, -0.2) is 4.79 Å². The molecular weight excluding hydrogens is 782 g/mol. The lowest BCUT2D eigenvalue weighted by Gasteiger charge is -2.46. The lowest BCUT2D eigenvalue weighted by Crippen LogP contribution is -2.63. The van der Waals surface area contributed by atoms with Gasteiger partial charge in [0.1, 0.15) is 11.4 Å². The Morgan fingerprint density at radius 1 is 0.843 bits per heavy atom. The molecule has 0 aliphatic carbocycles. The number of likely N-dealkylation sites (tertiary alicyclic amines) is 2. The first-order valence-electron chi connectivity index (χ1n) is 17.0. The first kappa shape index (κ1) is 36.8. The van der Waals surface area contributed by atoms with Gasteiger partial charge in [0.2, 0.25) is 5.91 Å². The second-order valence-corrected chi connectivity index (χ2v) is 16.1. The highest BCUT2D eigenvalue weighted by Crippen LogP contribution is 2.34. The number of methoxy groups -OCH3 is 1. The van der Waals surface area contributed by atoms with Crippen LogP contribution in [-0.2, 0) is 22.6 Å². The van der Waals surface area contributed by atoms with Crippen molar-refractivity contribution < 1.29 is 28.7 Å². The maximum absolute atomic E-state index is 12.7. The topological polar surface area (TPSA) is 112 Å². The van der Waals surface area contributed by atoms with E-state index in [4.69, 9.17) is 9.47 Å². The fourth-order valence-corrected chi connectivity index (χ4v) is 7.65. The third kappa shape index (κ3) is 7.66. The van der Waals surface area contributed by atoms with Gasteiger partial charge in [-0.2, -0.15) is 0 Å². The summed E-state index contributed by atoms with van der Waals surface area (Å²) in [4.78, 5) is 57.3. The summed E-state index contributed by atoms with van der Waals surface area (Å²) in [6.45, 7) is 13.1. The van der Waals surface area contributed by atoms with Crippen LogP contribution >= 0.6 is 31.9 Å². The van der Waals surface area contributed by atoms with Crippen LogP contribution in [0.5, 0.6) is 5.75 Å². The van der Waals surface area contributed by atoms with Gasteiger partial charge >= 0.3 is 6.09 Å². The molecule has 3 aromatic carbocycles. The molecule has 7 rings (SSSR count). The van der Waals surface area contributed by atoms with Crippen LogP contribution in [0, 0.1) is 6.92 Å². The Morgan fingerprint density at radius 3 is 1.86 bits per heavy atom. The number of benzene rings is 3. The Hall–Kier alpha value is -3.94. The van der Waals surface area contributed by atoms with E-state index >= 15 is 0 Å². The van der Waals surface area contributed by atoms with Gasteiger partial charge in [-0.05, 0) is 81.6 Å². The van der Waals surface area contributed by atoms with Gasteiger partial charge in [0.05, 0.1) is 25.2 Å². The highest BCUT2D eigenvalue weighted by molar-refractivity contribution is 9.10. The highest BCUT2D eigenvalue weighted by Gasteiger charge is 2.43. The van der Waals surface area contributed by atoms with Gasteiger partial charge in [-0.1, -0.05) is 50.1 Å². The fraction of sp³-hybridized carbons (Fsp3) is 0.421. The van der Waals surface area contributed by atoms with E-state index in [9.17, 15) is 19.2 Å². The quantitative estimate of drug-likeness (QED) is 0.304. The van der Waals surface area contributed by atoms with E-state index in [-0.39, 0.29) is 41.9 Å². The van der Waals surface area contributed by atoms with Gasteiger partial charge < -0.3 is 29.5 Å². The number of anilines is 1. The number of ether oxygens (including phenoxy) is 2. The van der Waals surface area contributed by atoms with E-state index in [2.05, 4.69) is 42.1 Å². The molecule has 4 amide bonds. The molecule has 0 spiro atoms. The van der Waals surface area contributed by atoms with E-state index < -0.39 is 5.60 Å². The Kier molecular flexibility index (Phi) is 10.5. The van der Waals surface area contributed by atoms with Crippen LogP contribution in [0.25, 0.3) is 0 Å². The molecule has 2 saturated heterocycles. The molecule has 4 heterocycles. The first-order valence-corrected chi connectivity index (χ1v) is 18.6. The zero-order valence-electron chi connectivity index (χ0n) is 29.7. The third-order valence-electron chi connectivity index (χ3n) is 9.77. The minimum absolute atomic E-state index is 0.0464. The van der Waals surface area contributed by atoms with E-state index in [0.29, 0.717) is 39.3 Å². The standard InChI is InChI=1S/C22H24BrN3O3.C16H19BrN2O3/c1-13-7-8-15(9-20(13)29-3)24-21(27)14(2)25-10-16(11-25)26-12-18-17(22(26)28)5-4-6-19(18)23;1-16(2,3)22-15(21)18-7-10(8-18)19-9-12-11(14(19)20)5-4-6-13(12)17/h4-9,14,16H,10-12H2,1-3H3,(H,24,27);4-6,10H,7-9H2,1-3H3. The van der Waals surface area contributed by atoms with Crippen LogP contribution in [0.4, 0.5) is 10.5 Å². The van der Waals surface area contributed by atoms with E-state index in [1.54, 1.807) is 12.0 Å². The maximum atomic E-state index is 12.7. The second-order valence-electron chi connectivity index (χ2n) is 14.4. The SMILES string of the molecule is CC(C)(C)OC(=O)N1CC(N2Cc3c(Br)cccc3C2=O)C1.COc1cc(NC(=O)C(C)N2CC(N3Cc4c(Br)cccc4C3=O)C2)ccc1C. The van der Waals surface area contributed by atoms with Crippen molar-refractivity contribution in [1.82, 2.24) is 19.6 Å². The summed E-state index contributed by atoms with van der Waals surface area (Å²) in [7, 11) is 1.62. The Balaban J connectivity index is 0.000000183. The van der Waals surface area contributed by atoms with Crippen molar-refractivity contribution in [2.45, 2.75) is 71.4 Å². The van der Waals surface area contributed by atoms with E-state index in [1.165, 1.54) is 0 Å². The first-order chi connectivity index (χ1) is 24.1. The largest absolute Gasteiger partial charge is 0.496 e. The summed E-state index contributed by atoms with van der Waals surface area (Å²) in [5, 5.41) is 2.96. The minimum atomic E-state index is -0.493. The number of amides is 4. The number of rotatable bonds is 6. The molecule has 0 saturated carbocycles. The smallest absolute Gasteiger partial charge is 0.410 e. The molecule has 13 heteroatoms. The summed E-state index contributed by atoms with van der Waals surface area (Å²) in [6.07, 6.45) is -0.311. The Morgan fingerprint density at radius 2 is 1.37 bits per heavy atom. The number of fused-ring (bicyclic) bond motifs is 2. The van der Waals surface area contributed by atoms with Gasteiger partial charge in [-0.15, -0.1) is 0 Å². The lowest BCUT2D eigenvalue weighted by molar-refractivity contribution is -0.123.